The second-order valence-electron chi connectivity index (χ2n) is 1.95. The molecule has 0 N–H and O–H groups in total. The third-order valence-electron chi connectivity index (χ3n) is 1.26. The van der Waals surface area contributed by atoms with Gasteiger partial charge in [-0.15, -0.1) is 0 Å². The molecule has 50 valence electrons. The predicted molar refractivity (Wildman–Crippen MR) is 39.7 cm³/mol. The lowest BCUT2D eigenvalue weighted by molar-refractivity contribution is 0.103. The van der Waals surface area contributed by atoms with E-state index in [1.54, 1.807) is 19.1 Å². The Kier molecular flexibility index (Phi) is 2.21. The van der Waals surface area contributed by atoms with Crippen molar-refractivity contribution < 1.29 is 4.79 Å². The molecule has 0 aliphatic heterocycles. The van der Waals surface area contributed by atoms with Crippen LogP contribution in [0.2, 0.25) is 0 Å². The third kappa shape index (κ3) is 1.44. The van der Waals surface area contributed by atoms with Crippen LogP contribution in [0, 0.1) is 6.42 Å². The fourth-order valence-corrected chi connectivity index (χ4v) is 0.734. The minimum atomic E-state index is -0.0411. The topological polar surface area (TPSA) is 17.1 Å². The summed E-state index contributed by atoms with van der Waals surface area (Å²) < 4.78 is 0. The highest BCUT2D eigenvalue weighted by molar-refractivity contribution is 6.01. The van der Waals surface area contributed by atoms with Gasteiger partial charge in [0.2, 0.25) is 0 Å². The second-order valence-corrected chi connectivity index (χ2v) is 1.95. The Morgan fingerprint density at radius 2 is 1.90 bits per heavy atom. The van der Waals surface area contributed by atoms with Crippen molar-refractivity contribution in [2.45, 2.75) is 6.92 Å². The molecule has 1 heteroatoms. The minimum Gasteiger partial charge on any atom is -0.293 e. The maximum Gasteiger partial charge on any atom is 0.170 e. The summed E-state index contributed by atoms with van der Waals surface area (Å²) in [5.74, 6) is -0.0411. The van der Waals surface area contributed by atoms with Crippen LogP contribution in [0.15, 0.2) is 30.3 Å². The number of carbonyl (C=O) groups is 1. The van der Waals surface area contributed by atoms with Gasteiger partial charge in [-0.3, -0.25) is 4.79 Å². The van der Waals surface area contributed by atoms with Gasteiger partial charge in [-0.05, 0) is 0 Å². The monoisotopic (exact) mass is 132 g/mol. The van der Waals surface area contributed by atoms with Crippen molar-refractivity contribution in [2.24, 2.45) is 0 Å². The van der Waals surface area contributed by atoms with Crippen molar-refractivity contribution in [3.05, 3.63) is 42.3 Å². The first-order chi connectivity index (χ1) is 4.84. The Hall–Kier alpha value is -1.11. The van der Waals surface area contributed by atoms with Crippen LogP contribution in [0.4, 0.5) is 0 Å². The number of ketones is 1. The molecule has 0 aromatic heterocycles. The highest BCUT2D eigenvalue weighted by Gasteiger charge is 1.99. The van der Waals surface area contributed by atoms with E-state index in [1.165, 1.54) is 0 Å². The van der Waals surface area contributed by atoms with Gasteiger partial charge in [0.1, 0.15) is 0 Å². The first-order valence-electron chi connectivity index (χ1n) is 3.11. The molecule has 0 aliphatic rings. The highest BCUT2D eigenvalue weighted by atomic mass is 16.1. The van der Waals surface area contributed by atoms with Gasteiger partial charge in [0.15, 0.2) is 5.78 Å². The molecule has 0 saturated carbocycles. The summed E-state index contributed by atoms with van der Waals surface area (Å²) >= 11 is 0. The summed E-state index contributed by atoms with van der Waals surface area (Å²) in [7, 11) is 0. The van der Waals surface area contributed by atoms with Crippen molar-refractivity contribution >= 4 is 5.78 Å². The SMILES string of the molecule is C[C]C(=O)c1ccccc1. The van der Waals surface area contributed by atoms with Crippen LogP contribution in [0.25, 0.3) is 0 Å². The van der Waals surface area contributed by atoms with Crippen LogP contribution in [0.5, 0.6) is 0 Å². The molecule has 0 atom stereocenters. The number of benzene rings is 1. The van der Waals surface area contributed by atoms with Gasteiger partial charge in [0.25, 0.3) is 0 Å². The van der Waals surface area contributed by atoms with Crippen LogP contribution >= 0.6 is 0 Å². The molecule has 0 saturated heterocycles. The lowest BCUT2D eigenvalue weighted by Crippen LogP contribution is -1.95. The molecular weight excluding hydrogens is 124 g/mol. The summed E-state index contributed by atoms with van der Waals surface area (Å²) in [6.07, 6.45) is 2.54. The van der Waals surface area contributed by atoms with E-state index in [-0.39, 0.29) is 5.78 Å². The van der Waals surface area contributed by atoms with E-state index in [4.69, 9.17) is 0 Å². The standard InChI is InChI=1S/C9H8O/c1-2-9(10)8-6-4-3-5-7-8/h3-7H,1H3. The summed E-state index contributed by atoms with van der Waals surface area (Å²) in [5, 5.41) is 0. The number of Topliss-reactive ketones (excluding diaryl/α,β-unsaturated/α-hetero) is 1. The van der Waals surface area contributed by atoms with Gasteiger partial charge in [-0.1, -0.05) is 37.3 Å². The number of rotatable bonds is 2. The second kappa shape index (κ2) is 3.16. The fourth-order valence-electron chi connectivity index (χ4n) is 0.734. The summed E-state index contributed by atoms with van der Waals surface area (Å²) in [6.45, 7) is 1.62. The Labute approximate surface area is 60.7 Å². The lowest BCUT2D eigenvalue weighted by Gasteiger charge is -1.92. The van der Waals surface area contributed by atoms with E-state index in [9.17, 15) is 4.79 Å². The molecule has 0 aliphatic carbocycles. The average Bonchev–Trinajstić information content (AvgIpc) is 2.05. The molecule has 0 heterocycles. The first-order valence-corrected chi connectivity index (χ1v) is 3.11. The molecule has 0 unspecified atom stereocenters. The molecule has 0 fully saturated rings. The van der Waals surface area contributed by atoms with E-state index in [0.717, 1.165) is 0 Å². The largest absolute Gasteiger partial charge is 0.293 e. The van der Waals surface area contributed by atoms with Gasteiger partial charge < -0.3 is 0 Å². The van der Waals surface area contributed by atoms with Crippen LogP contribution in [0.1, 0.15) is 17.3 Å². The zero-order valence-corrected chi connectivity index (χ0v) is 5.79. The van der Waals surface area contributed by atoms with E-state index in [0.29, 0.717) is 5.56 Å². The quantitative estimate of drug-likeness (QED) is 0.562. The van der Waals surface area contributed by atoms with Gasteiger partial charge in [0, 0.05) is 5.56 Å². The summed E-state index contributed by atoms with van der Waals surface area (Å²) in [6, 6.07) is 9.11. The molecule has 10 heavy (non-hydrogen) atoms. The zero-order chi connectivity index (χ0) is 7.40. The Balaban J connectivity index is 2.85. The van der Waals surface area contributed by atoms with Gasteiger partial charge >= 0.3 is 0 Å². The average molecular weight is 132 g/mol. The van der Waals surface area contributed by atoms with Gasteiger partial charge in [-0.25, -0.2) is 0 Å². The van der Waals surface area contributed by atoms with E-state index in [2.05, 4.69) is 6.42 Å². The summed E-state index contributed by atoms with van der Waals surface area (Å²) in [5.41, 5.74) is 0.699. The summed E-state index contributed by atoms with van der Waals surface area (Å²) in [4.78, 5) is 10.9. The van der Waals surface area contributed by atoms with Crippen molar-refractivity contribution in [3.8, 4) is 0 Å². The van der Waals surface area contributed by atoms with Crippen LogP contribution < -0.4 is 0 Å². The van der Waals surface area contributed by atoms with E-state index >= 15 is 0 Å². The molecule has 0 amide bonds. The Morgan fingerprint density at radius 1 is 1.30 bits per heavy atom. The number of hydrogen-bond acceptors (Lipinski definition) is 1. The van der Waals surface area contributed by atoms with Crippen LogP contribution in [-0.4, -0.2) is 5.78 Å². The first kappa shape index (κ1) is 7.00. The van der Waals surface area contributed by atoms with E-state index < -0.39 is 0 Å². The van der Waals surface area contributed by atoms with Crippen LogP contribution in [0.3, 0.4) is 0 Å². The maximum absolute atomic E-state index is 10.9. The molecule has 0 spiro atoms. The normalized spacial score (nSPS) is 9.30. The van der Waals surface area contributed by atoms with E-state index in [1.807, 2.05) is 18.2 Å². The molecule has 0 bridgehead atoms. The van der Waals surface area contributed by atoms with Crippen molar-refractivity contribution in [3.63, 3.8) is 0 Å². The molecule has 1 nitrogen and oxygen atoms in total. The molecular formula is C9H8O. The molecule has 1 aromatic rings. The smallest absolute Gasteiger partial charge is 0.170 e. The zero-order valence-electron chi connectivity index (χ0n) is 5.79. The molecule has 1 rings (SSSR count). The number of hydrogen-bond donors (Lipinski definition) is 0. The Morgan fingerprint density at radius 3 is 2.40 bits per heavy atom. The van der Waals surface area contributed by atoms with Crippen molar-refractivity contribution in [1.29, 1.82) is 0 Å². The third-order valence-corrected chi connectivity index (χ3v) is 1.26. The highest BCUT2D eigenvalue weighted by Crippen LogP contribution is 2.00. The van der Waals surface area contributed by atoms with Crippen LogP contribution in [-0.2, 0) is 0 Å². The minimum absolute atomic E-state index is 0.0411. The predicted octanol–water partition coefficient (Wildman–Crippen LogP) is 1.97. The molecule has 2 radical (unpaired) electrons. The maximum atomic E-state index is 10.9. The van der Waals surface area contributed by atoms with Crippen molar-refractivity contribution in [1.82, 2.24) is 0 Å². The Bertz CT molecular complexity index is 213. The van der Waals surface area contributed by atoms with Gasteiger partial charge in [-0.2, -0.15) is 0 Å². The number of carbonyl (C=O) groups excluding carboxylic acids is 1. The lowest BCUT2D eigenvalue weighted by atomic mass is 10.1. The fraction of sp³-hybridized carbons (Fsp3) is 0.111. The van der Waals surface area contributed by atoms with Crippen molar-refractivity contribution in [2.75, 3.05) is 0 Å². The molecule has 1 aromatic carbocycles. The van der Waals surface area contributed by atoms with Gasteiger partial charge in [0.05, 0.1) is 6.42 Å².